The molecule has 0 aliphatic rings. The summed E-state index contributed by atoms with van der Waals surface area (Å²) >= 11 is 0. The normalized spacial score (nSPS) is 10.4. The Morgan fingerprint density at radius 2 is 1.65 bits per heavy atom. The molecule has 140 valence electrons. The van der Waals surface area contributed by atoms with E-state index in [1.807, 2.05) is 49.4 Å². The van der Waals surface area contributed by atoms with Crippen LogP contribution in [-0.2, 0) is 4.79 Å². The lowest BCUT2D eigenvalue weighted by atomic mass is 10.1. The van der Waals surface area contributed by atoms with Crippen molar-refractivity contribution in [2.45, 2.75) is 46.5 Å². The van der Waals surface area contributed by atoms with Gasteiger partial charge in [0.15, 0.2) is 0 Å². The first kappa shape index (κ1) is 19.8. The summed E-state index contributed by atoms with van der Waals surface area (Å²) in [4.78, 5) is 12.1. The number of carbonyl (C=O) groups is 1. The van der Waals surface area contributed by atoms with Crippen molar-refractivity contribution in [2.24, 2.45) is 0 Å². The zero-order valence-corrected chi connectivity index (χ0v) is 16.1. The lowest BCUT2D eigenvalue weighted by molar-refractivity contribution is -0.114. The van der Waals surface area contributed by atoms with E-state index in [9.17, 15) is 4.79 Å². The fraction of sp³-hybridized carbons (Fsp3) is 0.409. The van der Waals surface area contributed by atoms with Gasteiger partial charge < -0.3 is 15.4 Å². The molecule has 26 heavy (non-hydrogen) atoms. The standard InChI is InChI=1S/C22H30N2O2/c1-4-5-6-7-14-26-21-12-10-19(11-13-21)23-16-22(25)24-20-9-8-17(2)18(3)15-20/h8-13,15,23H,4-7,14,16H2,1-3H3,(H,24,25). The Bertz CT molecular complexity index is 696. The van der Waals surface area contributed by atoms with Gasteiger partial charge in [0.1, 0.15) is 5.75 Å². The molecule has 0 saturated carbocycles. The van der Waals surface area contributed by atoms with Crippen LogP contribution in [0, 0.1) is 13.8 Å². The molecule has 2 N–H and O–H groups in total. The molecule has 0 aliphatic heterocycles. The molecule has 1 amide bonds. The third-order valence-electron chi connectivity index (χ3n) is 4.36. The van der Waals surface area contributed by atoms with E-state index >= 15 is 0 Å². The van der Waals surface area contributed by atoms with Crippen molar-refractivity contribution in [3.05, 3.63) is 53.6 Å². The molecule has 4 nitrogen and oxygen atoms in total. The van der Waals surface area contributed by atoms with Crippen LogP contribution in [0.1, 0.15) is 43.7 Å². The maximum absolute atomic E-state index is 12.1. The van der Waals surface area contributed by atoms with Crippen molar-refractivity contribution in [2.75, 3.05) is 23.8 Å². The largest absolute Gasteiger partial charge is 0.494 e. The van der Waals surface area contributed by atoms with E-state index < -0.39 is 0 Å². The maximum Gasteiger partial charge on any atom is 0.243 e. The first-order valence-corrected chi connectivity index (χ1v) is 9.42. The number of rotatable bonds is 10. The summed E-state index contributed by atoms with van der Waals surface area (Å²) in [6.45, 7) is 7.28. The van der Waals surface area contributed by atoms with Crippen LogP contribution < -0.4 is 15.4 Å². The lowest BCUT2D eigenvalue weighted by Crippen LogP contribution is -2.21. The average molecular weight is 354 g/mol. The monoisotopic (exact) mass is 354 g/mol. The van der Waals surface area contributed by atoms with E-state index in [0.717, 1.165) is 30.2 Å². The number of anilines is 2. The summed E-state index contributed by atoms with van der Waals surface area (Å²) in [6, 6.07) is 13.7. The molecule has 0 spiro atoms. The quantitative estimate of drug-likeness (QED) is 0.568. The van der Waals surface area contributed by atoms with Crippen LogP contribution in [0.25, 0.3) is 0 Å². The van der Waals surface area contributed by atoms with Crippen LogP contribution >= 0.6 is 0 Å². The van der Waals surface area contributed by atoms with Crippen molar-refractivity contribution in [1.29, 1.82) is 0 Å². The number of amides is 1. The average Bonchev–Trinajstić information content (AvgIpc) is 2.64. The van der Waals surface area contributed by atoms with Gasteiger partial charge in [0.25, 0.3) is 0 Å². The smallest absolute Gasteiger partial charge is 0.243 e. The fourth-order valence-corrected chi connectivity index (χ4v) is 2.59. The SMILES string of the molecule is CCCCCCOc1ccc(NCC(=O)Nc2ccc(C)c(C)c2)cc1. The molecule has 4 heteroatoms. The highest BCUT2D eigenvalue weighted by Gasteiger charge is 2.04. The number of ether oxygens (including phenoxy) is 1. The van der Waals surface area contributed by atoms with Crippen molar-refractivity contribution >= 4 is 17.3 Å². The van der Waals surface area contributed by atoms with Gasteiger partial charge in [-0.25, -0.2) is 0 Å². The summed E-state index contributed by atoms with van der Waals surface area (Å²) in [6.07, 6.45) is 4.80. The second-order valence-electron chi connectivity index (χ2n) is 6.63. The van der Waals surface area contributed by atoms with E-state index in [0.29, 0.717) is 0 Å². The van der Waals surface area contributed by atoms with Crippen LogP contribution in [0.15, 0.2) is 42.5 Å². The number of aryl methyl sites for hydroxylation is 2. The summed E-state index contributed by atoms with van der Waals surface area (Å²) in [7, 11) is 0. The highest BCUT2D eigenvalue weighted by Crippen LogP contribution is 2.17. The number of unbranched alkanes of at least 4 members (excludes halogenated alkanes) is 3. The highest BCUT2D eigenvalue weighted by molar-refractivity contribution is 5.93. The molecule has 0 fully saturated rings. The number of hydrogen-bond donors (Lipinski definition) is 2. The minimum atomic E-state index is -0.0653. The van der Waals surface area contributed by atoms with Crippen LogP contribution in [0.3, 0.4) is 0 Å². The van der Waals surface area contributed by atoms with Crippen molar-refractivity contribution < 1.29 is 9.53 Å². The molecular weight excluding hydrogens is 324 g/mol. The molecule has 0 aliphatic carbocycles. The predicted molar refractivity (Wildman–Crippen MR) is 109 cm³/mol. The Balaban J connectivity index is 1.73. The summed E-state index contributed by atoms with van der Waals surface area (Å²) in [5.41, 5.74) is 4.11. The van der Waals surface area contributed by atoms with Gasteiger partial charge in [-0.3, -0.25) is 4.79 Å². The third-order valence-corrected chi connectivity index (χ3v) is 4.36. The lowest BCUT2D eigenvalue weighted by Gasteiger charge is -2.10. The van der Waals surface area contributed by atoms with Crippen molar-refractivity contribution in [1.82, 2.24) is 0 Å². The zero-order chi connectivity index (χ0) is 18.8. The Morgan fingerprint density at radius 3 is 2.35 bits per heavy atom. The summed E-state index contributed by atoms with van der Waals surface area (Å²) in [5.74, 6) is 0.802. The Morgan fingerprint density at radius 1 is 0.923 bits per heavy atom. The minimum Gasteiger partial charge on any atom is -0.494 e. The van der Waals surface area contributed by atoms with Gasteiger partial charge in [-0.05, 0) is 67.8 Å². The predicted octanol–water partition coefficient (Wildman–Crippen LogP) is 5.31. The van der Waals surface area contributed by atoms with E-state index in [4.69, 9.17) is 4.74 Å². The Kier molecular flexibility index (Phi) is 8.00. The second kappa shape index (κ2) is 10.5. The Hall–Kier alpha value is -2.49. The Labute approximate surface area is 157 Å². The summed E-state index contributed by atoms with van der Waals surface area (Å²) in [5, 5.41) is 6.04. The molecule has 0 aromatic heterocycles. The topological polar surface area (TPSA) is 50.4 Å². The summed E-state index contributed by atoms with van der Waals surface area (Å²) < 4.78 is 5.73. The van der Waals surface area contributed by atoms with Crippen LogP contribution in [0.5, 0.6) is 5.75 Å². The third kappa shape index (κ3) is 6.79. The van der Waals surface area contributed by atoms with Crippen molar-refractivity contribution in [3.63, 3.8) is 0 Å². The molecule has 0 saturated heterocycles. The first-order chi connectivity index (χ1) is 12.6. The zero-order valence-electron chi connectivity index (χ0n) is 16.1. The number of benzene rings is 2. The van der Waals surface area contributed by atoms with Crippen molar-refractivity contribution in [3.8, 4) is 5.75 Å². The highest BCUT2D eigenvalue weighted by atomic mass is 16.5. The van der Waals surface area contributed by atoms with E-state index in [1.54, 1.807) is 0 Å². The van der Waals surface area contributed by atoms with Crippen LogP contribution in [0.4, 0.5) is 11.4 Å². The van der Waals surface area contributed by atoms with Crippen LogP contribution in [0.2, 0.25) is 0 Å². The van der Waals surface area contributed by atoms with Gasteiger partial charge in [-0.2, -0.15) is 0 Å². The molecule has 2 aromatic rings. The molecular formula is C22H30N2O2. The first-order valence-electron chi connectivity index (χ1n) is 9.42. The molecule has 0 atom stereocenters. The molecule has 2 rings (SSSR count). The van der Waals surface area contributed by atoms with Gasteiger partial charge >= 0.3 is 0 Å². The second-order valence-corrected chi connectivity index (χ2v) is 6.63. The minimum absolute atomic E-state index is 0.0653. The maximum atomic E-state index is 12.1. The molecule has 0 unspecified atom stereocenters. The van der Waals surface area contributed by atoms with Crippen LogP contribution in [-0.4, -0.2) is 19.1 Å². The fourth-order valence-electron chi connectivity index (χ4n) is 2.59. The molecule has 2 aromatic carbocycles. The van der Waals surface area contributed by atoms with E-state index in [1.165, 1.54) is 30.4 Å². The van der Waals surface area contributed by atoms with Gasteiger partial charge in [0.2, 0.25) is 5.91 Å². The van der Waals surface area contributed by atoms with Gasteiger partial charge in [0.05, 0.1) is 13.2 Å². The van der Waals surface area contributed by atoms with Gasteiger partial charge in [0, 0.05) is 11.4 Å². The number of carbonyl (C=O) groups excluding carboxylic acids is 1. The molecule has 0 radical (unpaired) electrons. The molecule has 0 heterocycles. The number of hydrogen-bond acceptors (Lipinski definition) is 3. The van der Waals surface area contributed by atoms with Gasteiger partial charge in [-0.15, -0.1) is 0 Å². The van der Waals surface area contributed by atoms with E-state index in [2.05, 4.69) is 24.5 Å². The number of nitrogens with one attached hydrogen (secondary N) is 2. The van der Waals surface area contributed by atoms with E-state index in [-0.39, 0.29) is 12.5 Å². The molecule has 0 bridgehead atoms. The van der Waals surface area contributed by atoms with Gasteiger partial charge in [-0.1, -0.05) is 32.3 Å².